The number of nitrogens with zero attached hydrogens (tertiary/aromatic N) is 3. The van der Waals surface area contributed by atoms with Crippen molar-refractivity contribution in [3.63, 3.8) is 0 Å². The van der Waals surface area contributed by atoms with Crippen LogP contribution in [0.2, 0.25) is 0 Å². The Morgan fingerprint density at radius 3 is 2.59 bits per heavy atom. The number of para-hydroxylation sites is 2. The number of nitrogens with one attached hydrogen (secondary N) is 1. The molecule has 2 aromatic carbocycles. The fourth-order valence-corrected chi connectivity index (χ4v) is 3.50. The van der Waals surface area contributed by atoms with Crippen molar-refractivity contribution >= 4 is 39.7 Å². The van der Waals surface area contributed by atoms with Crippen LogP contribution in [0.5, 0.6) is 0 Å². The number of benzene rings is 2. The van der Waals surface area contributed by atoms with E-state index in [0.29, 0.717) is 11.3 Å². The molecule has 0 fully saturated rings. The van der Waals surface area contributed by atoms with Crippen LogP contribution in [0.3, 0.4) is 0 Å². The van der Waals surface area contributed by atoms with E-state index in [0.717, 1.165) is 21.7 Å². The van der Waals surface area contributed by atoms with Gasteiger partial charge in [-0.2, -0.15) is 0 Å². The monoisotopic (exact) mass is 376 g/mol. The number of hydrogen-bond acceptors (Lipinski definition) is 5. The van der Waals surface area contributed by atoms with Crippen LogP contribution in [-0.2, 0) is 11.3 Å². The SMILES string of the molecule is CC(=O)c1ccc(NC(=O)Cn2c(-c3cncs3)nc3ccccc32)cc1. The number of anilines is 1. The van der Waals surface area contributed by atoms with Crippen molar-refractivity contribution < 1.29 is 9.59 Å². The Morgan fingerprint density at radius 1 is 1.11 bits per heavy atom. The van der Waals surface area contributed by atoms with E-state index in [1.165, 1.54) is 18.3 Å². The summed E-state index contributed by atoms with van der Waals surface area (Å²) in [7, 11) is 0. The maximum absolute atomic E-state index is 12.6. The van der Waals surface area contributed by atoms with Gasteiger partial charge in [0.05, 0.1) is 21.4 Å². The molecular weight excluding hydrogens is 360 g/mol. The van der Waals surface area contributed by atoms with E-state index in [9.17, 15) is 9.59 Å². The molecule has 2 heterocycles. The third-order valence-corrected chi connectivity index (χ3v) is 4.95. The third-order valence-electron chi connectivity index (χ3n) is 4.18. The number of rotatable bonds is 5. The number of imidazole rings is 1. The van der Waals surface area contributed by atoms with Gasteiger partial charge in [-0.05, 0) is 43.3 Å². The van der Waals surface area contributed by atoms with Gasteiger partial charge in [0.2, 0.25) is 5.91 Å². The summed E-state index contributed by atoms with van der Waals surface area (Å²) >= 11 is 1.48. The molecule has 0 bridgehead atoms. The predicted octanol–water partition coefficient (Wildman–Crippen LogP) is 4.00. The smallest absolute Gasteiger partial charge is 0.244 e. The van der Waals surface area contributed by atoms with Crippen molar-refractivity contribution in [3.8, 4) is 10.7 Å². The Balaban J connectivity index is 1.61. The quantitative estimate of drug-likeness (QED) is 0.534. The number of ketones is 1. The molecule has 0 aliphatic carbocycles. The number of hydrogen-bond donors (Lipinski definition) is 1. The van der Waals surface area contributed by atoms with Crippen molar-refractivity contribution in [2.75, 3.05) is 5.32 Å². The zero-order valence-corrected chi connectivity index (χ0v) is 15.4. The van der Waals surface area contributed by atoms with Crippen molar-refractivity contribution in [1.82, 2.24) is 14.5 Å². The molecule has 0 radical (unpaired) electrons. The van der Waals surface area contributed by atoms with Crippen LogP contribution in [0.25, 0.3) is 21.7 Å². The number of amides is 1. The molecule has 7 heteroatoms. The van der Waals surface area contributed by atoms with Gasteiger partial charge in [0.1, 0.15) is 6.54 Å². The summed E-state index contributed by atoms with van der Waals surface area (Å²) in [4.78, 5) is 33.7. The molecule has 2 aromatic heterocycles. The number of thiazole rings is 1. The summed E-state index contributed by atoms with van der Waals surface area (Å²) in [5.41, 5.74) is 4.73. The summed E-state index contributed by atoms with van der Waals surface area (Å²) in [6, 6.07) is 14.6. The lowest BCUT2D eigenvalue weighted by Crippen LogP contribution is -2.19. The van der Waals surface area contributed by atoms with E-state index in [4.69, 9.17) is 0 Å². The second kappa shape index (κ2) is 7.13. The average molecular weight is 376 g/mol. The summed E-state index contributed by atoms with van der Waals surface area (Å²) in [5.74, 6) is 0.548. The molecule has 1 N–H and O–H groups in total. The van der Waals surface area contributed by atoms with E-state index < -0.39 is 0 Å². The first-order valence-corrected chi connectivity index (χ1v) is 9.25. The summed E-state index contributed by atoms with van der Waals surface area (Å²) in [6.07, 6.45) is 1.75. The van der Waals surface area contributed by atoms with Gasteiger partial charge in [0.25, 0.3) is 0 Å². The number of Topliss-reactive ketones (excluding diaryl/α,β-unsaturated/α-hetero) is 1. The summed E-state index contributed by atoms with van der Waals surface area (Å²) < 4.78 is 1.89. The van der Waals surface area contributed by atoms with Gasteiger partial charge >= 0.3 is 0 Å². The molecule has 4 aromatic rings. The molecule has 0 aliphatic heterocycles. The fourth-order valence-electron chi connectivity index (χ4n) is 2.88. The summed E-state index contributed by atoms with van der Waals surface area (Å²) in [6.45, 7) is 1.64. The van der Waals surface area contributed by atoms with Crippen LogP contribution in [0, 0.1) is 0 Å². The topological polar surface area (TPSA) is 76.9 Å². The molecule has 0 saturated heterocycles. The molecule has 0 atom stereocenters. The predicted molar refractivity (Wildman–Crippen MR) is 106 cm³/mol. The van der Waals surface area contributed by atoms with Gasteiger partial charge in [0.15, 0.2) is 11.6 Å². The van der Waals surface area contributed by atoms with Crippen molar-refractivity contribution in [2.24, 2.45) is 0 Å². The van der Waals surface area contributed by atoms with Gasteiger partial charge in [-0.3, -0.25) is 14.6 Å². The second-order valence-electron chi connectivity index (χ2n) is 6.06. The van der Waals surface area contributed by atoms with E-state index in [1.54, 1.807) is 36.0 Å². The highest BCUT2D eigenvalue weighted by Gasteiger charge is 2.16. The van der Waals surface area contributed by atoms with Crippen molar-refractivity contribution in [1.29, 1.82) is 0 Å². The molecule has 4 rings (SSSR count). The standard InChI is InChI=1S/C20H16N4O2S/c1-13(25)14-6-8-15(9-7-14)22-19(26)11-24-17-5-3-2-4-16(17)23-20(24)18-10-21-12-27-18/h2-10,12H,11H2,1H3,(H,22,26). The number of fused-ring (bicyclic) bond motifs is 1. The van der Waals surface area contributed by atoms with Crippen LogP contribution in [-0.4, -0.2) is 26.2 Å². The van der Waals surface area contributed by atoms with Crippen molar-refractivity contribution in [3.05, 3.63) is 65.8 Å². The number of aromatic nitrogens is 3. The Labute approximate surface area is 159 Å². The number of carbonyl (C=O) groups is 2. The Morgan fingerprint density at radius 2 is 1.89 bits per heavy atom. The Bertz CT molecular complexity index is 1110. The van der Waals surface area contributed by atoms with Crippen molar-refractivity contribution in [2.45, 2.75) is 13.5 Å². The third kappa shape index (κ3) is 3.50. The maximum Gasteiger partial charge on any atom is 0.244 e. The van der Waals surface area contributed by atoms with Crippen LogP contribution < -0.4 is 5.32 Å². The van der Waals surface area contributed by atoms with Crippen LogP contribution in [0.1, 0.15) is 17.3 Å². The zero-order chi connectivity index (χ0) is 18.8. The molecule has 1 amide bonds. The van der Waals surface area contributed by atoms with Crippen LogP contribution in [0.15, 0.2) is 60.2 Å². The summed E-state index contributed by atoms with van der Waals surface area (Å²) in [5, 5.41) is 2.87. The molecule has 0 spiro atoms. The maximum atomic E-state index is 12.6. The average Bonchev–Trinajstić information content (AvgIpc) is 3.30. The highest BCUT2D eigenvalue weighted by Crippen LogP contribution is 2.27. The minimum absolute atomic E-state index is 0.00744. The first kappa shape index (κ1) is 17.1. The normalized spacial score (nSPS) is 10.9. The zero-order valence-electron chi connectivity index (χ0n) is 14.5. The lowest BCUT2D eigenvalue weighted by Gasteiger charge is -2.09. The first-order chi connectivity index (χ1) is 13.1. The molecule has 6 nitrogen and oxygen atoms in total. The molecular formula is C20H16N4O2S. The number of carbonyl (C=O) groups excluding carboxylic acids is 2. The molecule has 0 unspecified atom stereocenters. The fraction of sp³-hybridized carbons (Fsp3) is 0.100. The Hall–Kier alpha value is -3.32. The molecule has 0 aliphatic rings. The second-order valence-corrected chi connectivity index (χ2v) is 6.94. The van der Waals surface area contributed by atoms with Gasteiger partial charge in [-0.25, -0.2) is 4.98 Å². The Kier molecular flexibility index (Phi) is 4.52. The molecule has 0 saturated carbocycles. The van der Waals surface area contributed by atoms with E-state index in [2.05, 4.69) is 15.3 Å². The van der Waals surface area contributed by atoms with Crippen LogP contribution >= 0.6 is 11.3 Å². The highest BCUT2D eigenvalue weighted by molar-refractivity contribution is 7.13. The van der Waals surface area contributed by atoms with Crippen LogP contribution in [0.4, 0.5) is 5.69 Å². The highest BCUT2D eigenvalue weighted by atomic mass is 32.1. The lowest BCUT2D eigenvalue weighted by molar-refractivity contribution is -0.116. The first-order valence-electron chi connectivity index (χ1n) is 8.37. The largest absolute Gasteiger partial charge is 0.325 e. The van der Waals surface area contributed by atoms with E-state index >= 15 is 0 Å². The van der Waals surface area contributed by atoms with Gasteiger partial charge in [-0.15, -0.1) is 11.3 Å². The van der Waals surface area contributed by atoms with Gasteiger partial charge in [-0.1, -0.05) is 12.1 Å². The molecule has 134 valence electrons. The lowest BCUT2D eigenvalue weighted by atomic mass is 10.1. The minimum atomic E-state index is -0.167. The minimum Gasteiger partial charge on any atom is -0.325 e. The molecule has 27 heavy (non-hydrogen) atoms. The van der Waals surface area contributed by atoms with E-state index in [1.807, 2.05) is 28.8 Å². The van der Waals surface area contributed by atoms with Gasteiger partial charge in [0, 0.05) is 17.4 Å². The van der Waals surface area contributed by atoms with E-state index in [-0.39, 0.29) is 18.2 Å². The van der Waals surface area contributed by atoms with Gasteiger partial charge < -0.3 is 9.88 Å².